The Hall–Kier alpha value is -1.67. The van der Waals surface area contributed by atoms with Gasteiger partial charge in [0.25, 0.3) is 5.91 Å². The molecule has 0 bridgehead atoms. The molecule has 140 valence electrons. The van der Waals surface area contributed by atoms with Crippen molar-refractivity contribution in [2.24, 2.45) is 5.92 Å². The summed E-state index contributed by atoms with van der Waals surface area (Å²) in [5.74, 6) is -0.932. The second-order valence-electron chi connectivity index (χ2n) is 6.74. The second-order valence-corrected chi connectivity index (χ2v) is 9.37. The summed E-state index contributed by atoms with van der Waals surface area (Å²) in [4.78, 5) is 14.5. The number of carbonyl (C=O) groups is 1. The van der Waals surface area contributed by atoms with Crippen molar-refractivity contribution in [3.8, 4) is 0 Å². The molecule has 1 heterocycles. The number of aliphatic hydroxyl groups is 1. The number of aliphatic hydroxyl groups excluding tert-OH is 1. The van der Waals surface area contributed by atoms with Gasteiger partial charge >= 0.3 is 0 Å². The Kier molecular flexibility index (Phi) is 5.25. The number of β-amino-alcohol motifs (C(OH)–C–C–N with tert-alkyl or cyclic N) is 1. The zero-order chi connectivity index (χ0) is 19.1. The Balaban J connectivity index is 1.85. The van der Waals surface area contributed by atoms with Crippen molar-refractivity contribution in [3.63, 3.8) is 0 Å². The van der Waals surface area contributed by atoms with E-state index in [1.807, 2.05) is 12.1 Å². The van der Waals surface area contributed by atoms with Gasteiger partial charge in [-0.25, -0.2) is 12.7 Å². The molecule has 0 saturated carbocycles. The van der Waals surface area contributed by atoms with Crippen LogP contribution in [0.2, 0.25) is 5.02 Å². The summed E-state index contributed by atoms with van der Waals surface area (Å²) in [7, 11) is -0.535. The van der Waals surface area contributed by atoms with Crippen molar-refractivity contribution < 1.29 is 18.3 Å². The predicted molar refractivity (Wildman–Crippen MR) is 102 cm³/mol. The molecule has 6 nitrogen and oxygen atoms in total. The van der Waals surface area contributed by atoms with Gasteiger partial charge in [0.15, 0.2) is 0 Å². The van der Waals surface area contributed by atoms with E-state index in [9.17, 15) is 18.3 Å². The molecule has 0 aliphatic carbocycles. The number of likely N-dealkylation sites (tertiary alicyclic amines) is 1. The number of hydrogen-bond acceptors (Lipinski definition) is 4. The first kappa shape index (κ1) is 19.1. The molecule has 0 aromatic heterocycles. The maximum Gasteiger partial charge on any atom is 0.254 e. The number of halogens is 1. The summed E-state index contributed by atoms with van der Waals surface area (Å²) in [6.07, 6.45) is -0.868. The topological polar surface area (TPSA) is 77.9 Å². The van der Waals surface area contributed by atoms with Gasteiger partial charge in [-0.1, -0.05) is 35.9 Å². The highest BCUT2D eigenvalue weighted by atomic mass is 35.5. The Morgan fingerprint density at radius 1 is 1.19 bits per heavy atom. The van der Waals surface area contributed by atoms with E-state index in [1.165, 1.54) is 19.0 Å². The first-order valence-corrected chi connectivity index (χ1v) is 10.2. The lowest BCUT2D eigenvalue weighted by Gasteiger charge is -2.18. The van der Waals surface area contributed by atoms with Gasteiger partial charge in [-0.05, 0) is 17.5 Å². The molecule has 0 unspecified atom stereocenters. The molecule has 2 aromatic carbocycles. The van der Waals surface area contributed by atoms with E-state index in [0.717, 1.165) is 15.1 Å². The van der Waals surface area contributed by atoms with Crippen molar-refractivity contribution >= 4 is 38.3 Å². The molecule has 8 heteroatoms. The first-order chi connectivity index (χ1) is 12.2. The Labute approximate surface area is 158 Å². The van der Waals surface area contributed by atoms with Crippen molar-refractivity contribution in [2.75, 3.05) is 32.9 Å². The van der Waals surface area contributed by atoms with E-state index in [2.05, 4.69) is 0 Å². The lowest BCUT2D eigenvalue weighted by atomic mass is 10.0. The highest BCUT2D eigenvalue weighted by molar-refractivity contribution is 7.89. The van der Waals surface area contributed by atoms with Crippen LogP contribution < -0.4 is 0 Å². The Bertz CT molecular complexity index is 945. The van der Waals surface area contributed by atoms with Crippen LogP contribution in [0.4, 0.5) is 0 Å². The molecule has 1 amide bonds. The van der Waals surface area contributed by atoms with Crippen LogP contribution in [0.15, 0.2) is 36.4 Å². The summed E-state index contributed by atoms with van der Waals surface area (Å²) in [5, 5.41) is 12.3. The minimum absolute atomic E-state index is 0.114. The quantitative estimate of drug-likeness (QED) is 0.855. The zero-order valence-corrected chi connectivity index (χ0v) is 16.2. The molecule has 1 aliphatic rings. The minimum Gasteiger partial charge on any atom is -0.391 e. The molecule has 2 aromatic rings. The first-order valence-electron chi connectivity index (χ1n) is 8.25. The number of amides is 1. The maximum absolute atomic E-state index is 13.0. The molecule has 1 saturated heterocycles. The van der Waals surface area contributed by atoms with E-state index < -0.39 is 22.0 Å². The van der Waals surface area contributed by atoms with Gasteiger partial charge < -0.3 is 10.0 Å². The average molecular weight is 397 g/mol. The van der Waals surface area contributed by atoms with E-state index in [4.69, 9.17) is 11.6 Å². The van der Waals surface area contributed by atoms with Gasteiger partial charge in [-0.3, -0.25) is 4.79 Å². The van der Waals surface area contributed by atoms with Crippen LogP contribution in [0.5, 0.6) is 0 Å². The Morgan fingerprint density at radius 3 is 2.54 bits per heavy atom. The van der Waals surface area contributed by atoms with E-state index >= 15 is 0 Å². The number of rotatable bonds is 4. The number of hydrogen-bond donors (Lipinski definition) is 1. The summed E-state index contributed by atoms with van der Waals surface area (Å²) < 4.78 is 25.3. The van der Waals surface area contributed by atoms with Crippen LogP contribution in [0, 0.1) is 5.92 Å². The Morgan fingerprint density at radius 2 is 1.85 bits per heavy atom. The summed E-state index contributed by atoms with van der Waals surface area (Å²) in [6, 6.07) is 10.7. The average Bonchev–Trinajstić information content (AvgIpc) is 2.94. The van der Waals surface area contributed by atoms with Crippen LogP contribution >= 0.6 is 11.6 Å². The van der Waals surface area contributed by atoms with Gasteiger partial charge in [0.1, 0.15) is 0 Å². The van der Waals surface area contributed by atoms with Crippen LogP contribution in [0.25, 0.3) is 10.8 Å². The largest absolute Gasteiger partial charge is 0.391 e. The van der Waals surface area contributed by atoms with Crippen LogP contribution in [0.3, 0.4) is 0 Å². The number of benzene rings is 2. The maximum atomic E-state index is 13.0. The fraction of sp³-hybridized carbons (Fsp3) is 0.389. The summed E-state index contributed by atoms with van der Waals surface area (Å²) in [6.45, 7) is 0.313. The van der Waals surface area contributed by atoms with Gasteiger partial charge in [-0.2, -0.15) is 0 Å². The molecular weight excluding hydrogens is 376 g/mol. The highest BCUT2D eigenvalue weighted by Gasteiger charge is 2.37. The van der Waals surface area contributed by atoms with Crippen LogP contribution in [-0.4, -0.2) is 67.7 Å². The van der Waals surface area contributed by atoms with Gasteiger partial charge in [0, 0.05) is 49.1 Å². The van der Waals surface area contributed by atoms with Crippen LogP contribution in [0.1, 0.15) is 10.4 Å². The smallest absolute Gasteiger partial charge is 0.254 e. The third kappa shape index (κ3) is 3.57. The standard InChI is InChI=1S/C18H21ClN2O4S/c1-20(2)26(24,25)11-12-9-21(10-17(12)22)18(23)15-7-3-6-14-13(15)5-4-8-16(14)19/h3-8,12,17,22H,9-11H2,1-2H3/t12-,17+/m0/s1. The molecule has 1 aliphatic heterocycles. The lowest BCUT2D eigenvalue weighted by Crippen LogP contribution is -2.33. The van der Waals surface area contributed by atoms with Crippen molar-refractivity contribution in [1.29, 1.82) is 0 Å². The molecule has 1 N–H and O–H groups in total. The van der Waals surface area contributed by atoms with E-state index in [1.54, 1.807) is 24.3 Å². The van der Waals surface area contributed by atoms with E-state index in [0.29, 0.717) is 10.6 Å². The highest BCUT2D eigenvalue weighted by Crippen LogP contribution is 2.28. The summed E-state index contributed by atoms with van der Waals surface area (Å²) >= 11 is 6.21. The summed E-state index contributed by atoms with van der Waals surface area (Å²) in [5.41, 5.74) is 0.494. The van der Waals surface area contributed by atoms with Crippen molar-refractivity contribution in [3.05, 3.63) is 47.0 Å². The number of fused-ring (bicyclic) bond motifs is 1. The second kappa shape index (κ2) is 7.15. The van der Waals surface area contributed by atoms with Gasteiger partial charge in [0.2, 0.25) is 10.0 Å². The lowest BCUT2D eigenvalue weighted by molar-refractivity contribution is 0.0766. The third-order valence-corrected chi connectivity index (χ3v) is 7.07. The number of carbonyl (C=O) groups excluding carboxylic acids is 1. The number of nitrogens with zero attached hydrogens (tertiary/aromatic N) is 2. The molecule has 0 spiro atoms. The number of sulfonamides is 1. The van der Waals surface area contributed by atoms with Gasteiger partial charge in [-0.15, -0.1) is 0 Å². The monoisotopic (exact) mass is 396 g/mol. The molecule has 0 radical (unpaired) electrons. The van der Waals surface area contributed by atoms with Crippen LogP contribution in [-0.2, 0) is 10.0 Å². The predicted octanol–water partition coefficient (Wildman–Crippen LogP) is 1.82. The SMILES string of the molecule is CN(C)S(=O)(=O)C[C@@H]1CN(C(=O)c2cccc3c(Cl)cccc23)C[C@H]1O. The molecular formula is C18H21ClN2O4S. The fourth-order valence-electron chi connectivity index (χ4n) is 3.23. The third-order valence-electron chi connectivity index (χ3n) is 4.77. The molecule has 26 heavy (non-hydrogen) atoms. The fourth-order valence-corrected chi connectivity index (χ4v) is 4.64. The minimum atomic E-state index is -3.45. The van der Waals surface area contributed by atoms with Crippen molar-refractivity contribution in [1.82, 2.24) is 9.21 Å². The van der Waals surface area contributed by atoms with Crippen molar-refractivity contribution in [2.45, 2.75) is 6.10 Å². The molecule has 1 fully saturated rings. The normalized spacial score (nSPS) is 20.9. The molecule has 3 rings (SSSR count). The molecule has 2 atom stereocenters. The van der Waals surface area contributed by atoms with Gasteiger partial charge in [0.05, 0.1) is 11.9 Å². The van der Waals surface area contributed by atoms with E-state index in [-0.39, 0.29) is 24.7 Å². The zero-order valence-electron chi connectivity index (χ0n) is 14.6.